The fourth-order valence-corrected chi connectivity index (χ4v) is 3.93. The molecule has 0 aromatic heterocycles. The molecule has 0 amide bonds. The summed E-state index contributed by atoms with van der Waals surface area (Å²) in [5.74, 6) is -2.76. The van der Waals surface area contributed by atoms with Crippen LogP contribution >= 0.6 is 12.2 Å². The van der Waals surface area contributed by atoms with E-state index in [0.29, 0.717) is 49.6 Å². The number of aliphatic imine (C=N–C) groups is 1. The Labute approximate surface area is 204 Å². The first-order valence-electron chi connectivity index (χ1n) is 11.7. The van der Waals surface area contributed by atoms with Crippen molar-refractivity contribution in [1.29, 1.82) is 0 Å². The molecule has 6 N–H and O–H groups in total. The molecule has 0 radical (unpaired) electrons. The zero-order valence-corrected chi connectivity index (χ0v) is 20.5. The van der Waals surface area contributed by atoms with Gasteiger partial charge in [-0.15, -0.1) is 0 Å². The molecule has 1 aromatic carbocycles. The van der Waals surface area contributed by atoms with Gasteiger partial charge in [0.2, 0.25) is 0 Å². The van der Waals surface area contributed by atoms with E-state index in [0.717, 1.165) is 19.3 Å². The lowest BCUT2D eigenvalue weighted by Crippen LogP contribution is -2.43. The number of halogens is 3. The van der Waals surface area contributed by atoms with Crippen molar-refractivity contribution in [2.45, 2.75) is 64.5 Å². The number of nitrogens with zero attached hydrogens (tertiary/aromatic N) is 1. The molecule has 1 heterocycles. The van der Waals surface area contributed by atoms with Crippen molar-refractivity contribution in [1.82, 2.24) is 16.0 Å². The Morgan fingerprint density at radius 2 is 1.79 bits per heavy atom. The van der Waals surface area contributed by atoms with Crippen LogP contribution in [0.1, 0.15) is 52.4 Å². The molecule has 2 aliphatic rings. The maximum absolute atomic E-state index is 13.9. The van der Waals surface area contributed by atoms with Crippen LogP contribution in [-0.4, -0.2) is 42.9 Å². The fraction of sp³-hybridized carbons (Fsp3) is 0.565. The third-order valence-corrected chi connectivity index (χ3v) is 5.61. The minimum absolute atomic E-state index is 0.0497. The maximum atomic E-state index is 13.9. The van der Waals surface area contributed by atoms with E-state index >= 15 is 0 Å². The number of anilines is 1. The number of amidine groups is 1. The molecule has 3 rings (SSSR count). The maximum Gasteiger partial charge on any atom is 0.175 e. The van der Waals surface area contributed by atoms with Crippen LogP contribution in [0.15, 0.2) is 29.0 Å². The largest absolute Gasteiger partial charge is 0.403 e. The van der Waals surface area contributed by atoms with Crippen LogP contribution in [0.5, 0.6) is 0 Å². The predicted molar refractivity (Wildman–Crippen MR) is 134 cm³/mol. The smallest absolute Gasteiger partial charge is 0.175 e. The number of benzene rings is 1. The van der Waals surface area contributed by atoms with Gasteiger partial charge in [0, 0.05) is 31.0 Å². The van der Waals surface area contributed by atoms with Gasteiger partial charge < -0.3 is 26.4 Å². The average molecular weight is 501 g/mol. The summed E-state index contributed by atoms with van der Waals surface area (Å²) in [4.78, 5) is 4.60. The molecule has 1 aliphatic carbocycles. The summed E-state index contributed by atoms with van der Waals surface area (Å²) in [6, 6.07) is 1.61. The number of rotatable bonds is 7. The summed E-state index contributed by atoms with van der Waals surface area (Å²) < 4.78 is 46.4. The van der Waals surface area contributed by atoms with Crippen molar-refractivity contribution >= 4 is 28.9 Å². The summed E-state index contributed by atoms with van der Waals surface area (Å²) in [7, 11) is 0. The number of hydrogen-bond donors (Lipinski definition) is 5. The van der Waals surface area contributed by atoms with E-state index in [2.05, 4.69) is 26.3 Å². The van der Waals surface area contributed by atoms with Crippen molar-refractivity contribution in [3.8, 4) is 0 Å². The predicted octanol–water partition coefficient (Wildman–Crippen LogP) is 3.87. The van der Waals surface area contributed by atoms with Crippen LogP contribution in [0.25, 0.3) is 0 Å². The van der Waals surface area contributed by atoms with Crippen LogP contribution in [0, 0.1) is 17.5 Å². The summed E-state index contributed by atoms with van der Waals surface area (Å²) in [5, 5.41) is 11.8. The van der Waals surface area contributed by atoms with Crippen LogP contribution < -0.4 is 27.0 Å². The minimum atomic E-state index is -1.10. The standard InChI is InChI=1S/C21H29F3N6OS.C2H6/c22-13-8-16(23)19(17(24)9-13)30-21(32)29-18(10-25)20(28-15-6-7-31-11-15)27-12-26-14-4-2-1-3-5-14;1-2/h8-10,14-15,26H,1-7,11-12,25H2,(H,27,28)(H2,29,30,32);1-2H3/b18-10+;. The van der Waals surface area contributed by atoms with Gasteiger partial charge in [0.25, 0.3) is 0 Å². The summed E-state index contributed by atoms with van der Waals surface area (Å²) in [5.41, 5.74) is 5.58. The first kappa shape index (κ1) is 27.9. The van der Waals surface area contributed by atoms with Crippen molar-refractivity contribution in [2.75, 3.05) is 25.2 Å². The van der Waals surface area contributed by atoms with Crippen LogP contribution in [0.4, 0.5) is 18.9 Å². The highest BCUT2D eigenvalue weighted by Gasteiger charge is 2.20. The molecule has 1 unspecified atom stereocenters. The Hall–Kier alpha value is -2.37. The highest BCUT2D eigenvalue weighted by Crippen LogP contribution is 2.20. The molecule has 1 atom stereocenters. The average Bonchev–Trinajstić information content (AvgIpc) is 3.34. The van der Waals surface area contributed by atoms with Gasteiger partial charge in [-0.1, -0.05) is 33.1 Å². The summed E-state index contributed by atoms with van der Waals surface area (Å²) >= 11 is 5.18. The van der Waals surface area contributed by atoms with Crippen molar-refractivity contribution in [2.24, 2.45) is 10.7 Å². The lowest BCUT2D eigenvalue weighted by atomic mass is 9.96. The quantitative estimate of drug-likeness (QED) is 0.220. The minimum Gasteiger partial charge on any atom is -0.403 e. The molecule has 1 saturated heterocycles. The first-order valence-corrected chi connectivity index (χ1v) is 12.1. The van der Waals surface area contributed by atoms with Crippen LogP contribution in [-0.2, 0) is 4.74 Å². The van der Waals surface area contributed by atoms with Gasteiger partial charge in [0.15, 0.2) is 16.7 Å². The van der Waals surface area contributed by atoms with Gasteiger partial charge in [-0.3, -0.25) is 10.3 Å². The molecule has 7 nitrogen and oxygen atoms in total. The van der Waals surface area contributed by atoms with Gasteiger partial charge >= 0.3 is 0 Å². The Morgan fingerprint density at radius 1 is 1.12 bits per heavy atom. The van der Waals surface area contributed by atoms with E-state index in [1.165, 1.54) is 25.5 Å². The highest BCUT2D eigenvalue weighted by molar-refractivity contribution is 7.80. The molecular formula is C23H35F3N6OS. The van der Waals surface area contributed by atoms with Gasteiger partial charge in [0.05, 0.1) is 25.0 Å². The SMILES string of the molecule is CC.N/C=C(NC(=S)Nc1c(F)cc(F)cc1F)\C(=N/CNC1CCCCC1)NC1CCOC1. The van der Waals surface area contributed by atoms with E-state index in [9.17, 15) is 13.2 Å². The molecule has 190 valence electrons. The van der Waals surface area contributed by atoms with E-state index in [1.54, 1.807) is 0 Å². The van der Waals surface area contributed by atoms with Crippen molar-refractivity contribution in [3.63, 3.8) is 0 Å². The normalized spacial score (nSPS) is 19.3. The second-order valence-electron chi connectivity index (χ2n) is 7.81. The van der Waals surface area contributed by atoms with E-state index in [1.807, 2.05) is 13.8 Å². The van der Waals surface area contributed by atoms with E-state index < -0.39 is 23.1 Å². The van der Waals surface area contributed by atoms with E-state index in [4.69, 9.17) is 22.7 Å². The second-order valence-corrected chi connectivity index (χ2v) is 8.22. The molecule has 1 saturated carbocycles. The van der Waals surface area contributed by atoms with Gasteiger partial charge in [-0.2, -0.15) is 0 Å². The van der Waals surface area contributed by atoms with Gasteiger partial charge in [-0.25, -0.2) is 13.2 Å². The van der Waals surface area contributed by atoms with E-state index in [-0.39, 0.29) is 11.2 Å². The second kappa shape index (κ2) is 14.8. The van der Waals surface area contributed by atoms with Gasteiger partial charge in [0.1, 0.15) is 17.3 Å². The Morgan fingerprint density at radius 3 is 2.38 bits per heavy atom. The van der Waals surface area contributed by atoms with Crippen molar-refractivity contribution < 1.29 is 17.9 Å². The topological polar surface area (TPSA) is 95.7 Å². The molecule has 0 spiro atoms. The molecule has 2 fully saturated rings. The molecule has 1 aliphatic heterocycles. The zero-order chi connectivity index (χ0) is 24.9. The van der Waals surface area contributed by atoms with Crippen molar-refractivity contribution in [3.05, 3.63) is 41.5 Å². The molecule has 11 heteroatoms. The van der Waals surface area contributed by atoms with Crippen LogP contribution in [0.3, 0.4) is 0 Å². The number of hydrogen-bond acceptors (Lipinski definition) is 5. The Bertz CT molecular complexity index is 832. The molecular weight excluding hydrogens is 465 g/mol. The third kappa shape index (κ3) is 8.77. The number of nitrogens with one attached hydrogen (secondary N) is 4. The lowest BCUT2D eigenvalue weighted by molar-refractivity contribution is 0.192. The fourth-order valence-electron chi connectivity index (χ4n) is 3.72. The van der Waals surface area contributed by atoms with Crippen LogP contribution in [0.2, 0.25) is 0 Å². The lowest BCUT2D eigenvalue weighted by Gasteiger charge is -2.23. The zero-order valence-electron chi connectivity index (χ0n) is 19.7. The Balaban J connectivity index is 0.00000199. The molecule has 1 aromatic rings. The first-order chi connectivity index (χ1) is 16.5. The number of ether oxygens (including phenoxy) is 1. The Kier molecular flexibility index (Phi) is 12.1. The number of thiocarbonyl (C=S) groups is 1. The molecule has 34 heavy (non-hydrogen) atoms. The third-order valence-electron chi connectivity index (χ3n) is 5.41. The number of nitrogens with two attached hydrogens (primary N) is 1. The monoisotopic (exact) mass is 500 g/mol. The highest BCUT2D eigenvalue weighted by atomic mass is 32.1. The summed E-state index contributed by atoms with van der Waals surface area (Å²) in [6.45, 7) is 5.55. The molecule has 0 bridgehead atoms. The van der Waals surface area contributed by atoms with Gasteiger partial charge in [-0.05, 0) is 31.5 Å². The summed E-state index contributed by atoms with van der Waals surface area (Å²) in [6.07, 6.45) is 8.00.